The van der Waals surface area contributed by atoms with Crippen LogP contribution in [0.4, 0.5) is 0 Å². The summed E-state index contributed by atoms with van der Waals surface area (Å²) in [7, 11) is 0. The molecule has 7 nitrogen and oxygen atoms in total. The van der Waals surface area contributed by atoms with E-state index in [-0.39, 0.29) is 18.5 Å². The van der Waals surface area contributed by atoms with Crippen molar-refractivity contribution in [2.45, 2.75) is 25.4 Å². The zero-order chi connectivity index (χ0) is 21.6. The molecule has 31 heavy (non-hydrogen) atoms. The highest BCUT2D eigenvalue weighted by Gasteiger charge is 2.35. The molecule has 0 radical (unpaired) electrons. The summed E-state index contributed by atoms with van der Waals surface area (Å²) in [5.74, 6) is 1.24. The third kappa shape index (κ3) is 5.05. The molecule has 1 aliphatic rings. The fourth-order valence-electron chi connectivity index (χ4n) is 3.57. The Hall–Kier alpha value is -3.34. The van der Waals surface area contributed by atoms with Gasteiger partial charge in [-0.25, -0.2) is 5.01 Å². The van der Waals surface area contributed by atoms with Crippen LogP contribution in [0.1, 0.15) is 36.0 Å². The van der Waals surface area contributed by atoms with E-state index in [0.717, 1.165) is 17.0 Å². The van der Waals surface area contributed by atoms with Crippen molar-refractivity contribution >= 4 is 23.2 Å². The largest absolute Gasteiger partial charge is 0.468 e. The quantitative estimate of drug-likeness (QED) is 0.514. The molecule has 3 heterocycles. The summed E-state index contributed by atoms with van der Waals surface area (Å²) in [5, 5.41) is 15.8. The first-order chi connectivity index (χ1) is 15.1. The monoisotopic (exact) mass is 436 g/mol. The van der Waals surface area contributed by atoms with E-state index in [1.807, 2.05) is 29.2 Å². The lowest BCUT2D eigenvalue weighted by Crippen LogP contribution is -2.38. The molecular weight excluding hydrogens is 416 g/mol. The van der Waals surface area contributed by atoms with Gasteiger partial charge in [-0.2, -0.15) is 10.4 Å². The number of rotatable bonds is 8. The van der Waals surface area contributed by atoms with Crippen LogP contribution in [0.25, 0.3) is 0 Å². The van der Waals surface area contributed by atoms with E-state index in [2.05, 4.69) is 11.2 Å². The highest BCUT2D eigenvalue weighted by molar-refractivity contribution is 6.30. The van der Waals surface area contributed by atoms with Crippen molar-refractivity contribution < 1.29 is 13.6 Å². The molecule has 1 atom stereocenters. The second kappa shape index (κ2) is 9.65. The molecule has 8 heteroatoms. The molecule has 0 saturated heterocycles. The van der Waals surface area contributed by atoms with E-state index in [4.69, 9.17) is 25.7 Å². The van der Waals surface area contributed by atoms with E-state index in [9.17, 15) is 4.79 Å². The zero-order valence-corrected chi connectivity index (χ0v) is 17.5. The predicted octanol–water partition coefficient (Wildman–Crippen LogP) is 4.62. The van der Waals surface area contributed by atoms with Crippen LogP contribution in [0, 0.1) is 11.3 Å². The van der Waals surface area contributed by atoms with Gasteiger partial charge < -0.3 is 8.83 Å². The Labute approximate surface area is 185 Å². The van der Waals surface area contributed by atoms with Crippen LogP contribution in [0.15, 0.2) is 75.0 Å². The van der Waals surface area contributed by atoms with Gasteiger partial charge in [-0.1, -0.05) is 23.7 Å². The summed E-state index contributed by atoms with van der Waals surface area (Å²) >= 11 is 6.01. The van der Waals surface area contributed by atoms with Crippen LogP contribution in [-0.4, -0.2) is 34.6 Å². The number of furan rings is 2. The van der Waals surface area contributed by atoms with Gasteiger partial charge in [0, 0.05) is 24.4 Å². The summed E-state index contributed by atoms with van der Waals surface area (Å²) in [6.07, 6.45) is 4.04. The lowest BCUT2D eigenvalue weighted by atomic mass is 10.0. The lowest BCUT2D eigenvalue weighted by Gasteiger charge is -2.24. The van der Waals surface area contributed by atoms with Crippen molar-refractivity contribution in [1.82, 2.24) is 9.91 Å². The van der Waals surface area contributed by atoms with Gasteiger partial charge in [0.15, 0.2) is 0 Å². The number of hydrogen-bond acceptors (Lipinski definition) is 6. The minimum atomic E-state index is -0.324. The Morgan fingerprint density at radius 2 is 1.97 bits per heavy atom. The van der Waals surface area contributed by atoms with Gasteiger partial charge in [-0.05, 0) is 42.0 Å². The number of carbonyl (C=O) groups is 1. The molecule has 0 fully saturated rings. The second-order valence-corrected chi connectivity index (χ2v) is 7.66. The minimum absolute atomic E-state index is 0.108. The SMILES string of the molecule is N#CCCN(CC(=O)N1N=C(c2ccc(Cl)cc2)CC1c1ccco1)Cc1ccco1. The molecule has 0 bridgehead atoms. The standard InChI is InChI=1S/C23H21ClN4O3/c24-18-8-6-17(7-9-18)20-14-21(22-5-2-13-31-22)28(26-20)23(29)16-27(11-3-10-25)15-19-4-1-12-30-19/h1-2,4-9,12-13,21H,3,11,14-16H2. The van der Waals surface area contributed by atoms with Crippen molar-refractivity contribution in [3.8, 4) is 6.07 Å². The Bertz CT molecular complexity index is 1070. The Morgan fingerprint density at radius 3 is 2.65 bits per heavy atom. The molecule has 3 aromatic rings. The van der Waals surface area contributed by atoms with E-state index < -0.39 is 0 Å². The molecule has 158 valence electrons. The van der Waals surface area contributed by atoms with Gasteiger partial charge in [0.2, 0.25) is 0 Å². The maximum atomic E-state index is 13.3. The lowest BCUT2D eigenvalue weighted by molar-refractivity contribution is -0.134. The number of nitrogens with zero attached hydrogens (tertiary/aromatic N) is 4. The highest BCUT2D eigenvalue weighted by atomic mass is 35.5. The first-order valence-corrected chi connectivity index (χ1v) is 10.3. The highest BCUT2D eigenvalue weighted by Crippen LogP contribution is 2.33. The molecule has 1 aliphatic heterocycles. The molecule has 4 rings (SSSR count). The average molecular weight is 437 g/mol. The van der Waals surface area contributed by atoms with Crippen LogP contribution < -0.4 is 0 Å². The summed E-state index contributed by atoms with van der Waals surface area (Å²) in [4.78, 5) is 15.2. The third-order valence-corrected chi connectivity index (χ3v) is 5.33. The minimum Gasteiger partial charge on any atom is -0.468 e. The number of amides is 1. The van der Waals surface area contributed by atoms with Crippen LogP contribution in [0.3, 0.4) is 0 Å². The summed E-state index contributed by atoms with van der Waals surface area (Å²) in [6, 6.07) is 16.5. The van der Waals surface area contributed by atoms with Gasteiger partial charge in [0.05, 0.1) is 37.4 Å². The van der Waals surface area contributed by atoms with E-state index in [1.54, 1.807) is 36.8 Å². The van der Waals surface area contributed by atoms with E-state index >= 15 is 0 Å². The topological polar surface area (TPSA) is 86.0 Å². The van der Waals surface area contributed by atoms with Crippen molar-refractivity contribution in [2.75, 3.05) is 13.1 Å². The number of nitriles is 1. The predicted molar refractivity (Wildman–Crippen MR) is 115 cm³/mol. The molecule has 0 N–H and O–H groups in total. The fourth-order valence-corrected chi connectivity index (χ4v) is 3.69. The normalized spacial score (nSPS) is 15.8. The fraction of sp³-hybridized carbons (Fsp3) is 0.261. The Balaban J connectivity index is 1.55. The van der Waals surface area contributed by atoms with Crippen molar-refractivity contribution in [1.29, 1.82) is 5.26 Å². The first kappa shape index (κ1) is 20.9. The van der Waals surface area contributed by atoms with Gasteiger partial charge in [-0.3, -0.25) is 9.69 Å². The van der Waals surface area contributed by atoms with Gasteiger partial charge in [0.25, 0.3) is 5.91 Å². The van der Waals surface area contributed by atoms with Crippen molar-refractivity contribution in [3.63, 3.8) is 0 Å². The van der Waals surface area contributed by atoms with Gasteiger partial charge in [-0.15, -0.1) is 0 Å². The summed E-state index contributed by atoms with van der Waals surface area (Å²) in [6.45, 7) is 1.00. The Kier molecular flexibility index (Phi) is 6.51. The van der Waals surface area contributed by atoms with E-state index in [1.165, 1.54) is 5.01 Å². The molecule has 2 aromatic heterocycles. The maximum Gasteiger partial charge on any atom is 0.257 e. The van der Waals surface area contributed by atoms with E-state index in [0.29, 0.717) is 36.7 Å². The summed E-state index contributed by atoms with van der Waals surface area (Å²) in [5.41, 5.74) is 1.70. The Morgan fingerprint density at radius 1 is 1.19 bits per heavy atom. The molecule has 1 unspecified atom stereocenters. The number of benzene rings is 1. The second-order valence-electron chi connectivity index (χ2n) is 7.23. The van der Waals surface area contributed by atoms with Crippen molar-refractivity contribution in [3.05, 3.63) is 83.2 Å². The summed E-state index contributed by atoms with van der Waals surface area (Å²) < 4.78 is 11.0. The number of hydrazone groups is 1. The third-order valence-electron chi connectivity index (χ3n) is 5.07. The van der Waals surface area contributed by atoms with Crippen molar-refractivity contribution in [2.24, 2.45) is 5.10 Å². The number of hydrogen-bond donors (Lipinski definition) is 0. The number of halogens is 1. The molecule has 1 aromatic carbocycles. The van der Waals surface area contributed by atoms with Crippen LogP contribution in [0.2, 0.25) is 5.02 Å². The number of carbonyl (C=O) groups excluding carboxylic acids is 1. The molecule has 1 amide bonds. The first-order valence-electron chi connectivity index (χ1n) is 9.94. The molecule has 0 spiro atoms. The average Bonchev–Trinajstić information content (AvgIpc) is 3.53. The maximum absolute atomic E-state index is 13.3. The van der Waals surface area contributed by atoms with Crippen LogP contribution >= 0.6 is 11.6 Å². The zero-order valence-electron chi connectivity index (χ0n) is 16.8. The van der Waals surface area contributed by atoms with Gasteiger partial charge >= 0.3 is 0 Å². The molecule has 0 aliphatic carbocycles. The smallest absolute Gasteiger partial charge is 0.257 e. The molecule has 0 saturated carbocycles. The molecular formula is C23H21ClN4O3. The van der Waals surface area contributed by atoms with Gasteiger partial charge in [0.1, 0.15) is 17.6 Å². The van der Waals surface area contributed by atoms with Crippen LogP contribution in [0.5, 0.6) is 0 Å². The van der Waals surface area contributed by atoms with Crippen LogP contribution in [-0.2, 0) is 11.3 Å².